The van der Waals surface area contributed by atoms with Crippen LogP contribution in [0.15, 0.2) is 0 Å². The molecule has 0 spiro atoms. The Morgan fingerprint density at radius 3 is 2.09 bits per heavy atom. The zero-order valence-electron chi connectivity index (χ0n) is 13.4. The molecule has 0 radical (unpaired) electrons. The number of hydrogen-bond donors (Lipinski definition) is 3. The summed E-state index contributed by atoms with van der Waals surface area (Å²) < 4.78 is 0. The van der Waals surface area contributed by atoms with Gasteiger partial charge in [-0.1, -0.05) is 0 Å². The van der Waals surface area contributed by atoms with Crippen molar-refractivity contribution in [1.82, 2.24) is 10.6 Å². The van der Waals surface area contributed by atoms with E-state index in [1.807, 2.05) is 0 Å². The molecule has 124 valence electrons. The normalized spacial score (nSPS) is 35.4. The Bertz CT molecular complexity index is 400. The average molecular weight is 307 g/mol. The number of amides is 2. The molecule has 4 aliphatic rings. The van der Waals surface area contributed by atoms with Crippen LogP contribution >= 0.6 is 0 Å². The molecule has 0 aromatic heterocycles. The van der Waals surface area contributed by atoms with E-state index in [2.05, 4.69) is 10.6 Å². The van der Waals surface area contributed by atoms with Crippen LogP contribution in [0.5, 0.6) is 0 Å². The van der Waals surface area contributed by atoms with Crippen molar-refractivity contribution in [2.24, 2.45) is 28.9 Å². The molecule has 0 saturated heterocycles. The fourth-order valence-electron chi connectivity index (χ4n) is 5.48. The lowest BCUT2D eigenvalue weighted by Crippen LogP contribution is -2.48. The molecule has 4 saturated carbocycles. The summed E-state index contributed by atoms with van der Waals surface area (Å²) in [6.45, 7) is 1.24. The summed E-state index contributed by atoms with van der Waals surface area (Å²) in [7, 11) is 0. The first-order valence-corrected chi connectivity index (χ1v) is 8.82. The first-order chi connectivity index (χ1) is 10.6. The van der Waals surface area contributed by atoms with Gasteiger partial charge in [-0.15, -0.1) is 0 Å². The summed E-state index contributed by atoms with van der Waals surface area (Å²) in [4.78, 5) is 23.9. The van der Waals surface area contributed by atoms with Gasteiger partial charge in [-0.2, -0.15) is 0 Å². The fourth-order valence-corrected chi connectivity index (χ4v) is 5.48. The zero-order chi connectivity index (χ0) is 15.6. The van der Waals surface area contributed by atoms with E-state index in [1.54, 1.807) is 0 Å². The smallest absolute Gasteiger partial charge is 0.239 e. The molecular weight excluding hydrogens is 278 g/mol. The minimum Gasteiger partial charge on any atom is -0.355 e. The molecule has 4 fully saturated rings. The van der Waals surface area contributed by atoms with Crippen LogP contribution < -0.4 is 16.4 Å². The molecule has 22 heavy (non-hydrogen) atoms. The Hall–Kier alpha value is -1.10. The molecule has 4 rings (SSSR count). The average Bonchev–Trinajstić information content (AvgIpc) is 2.43. The van der Waals surface area contributed by atoms with Gasteiger partial charge in [-0.25, -0.2) is 0 Å². The van der Waals surface area contributed by atoms with E-state index in [1.165, 1.54) is 38.5 Å². The van der Waals surface area contributed by atoms with Crippen LogP contribution in [0.2, 0.25) is 0 Å². The van der Waals surface area contributed by atoms with Gasteiger partial charge in [-0.3, -0.25) is 9.59 Å². The summed E-state index contributed by atoms with van der Waals surface area (Å²) in [6, 6.07) is 0. The van der Waals surface area contributed by atoms with Crippen molar-refractivity contribution in [1.29, 1.82) is 0 Å². The summed E-state index contributed by atoms with van der Waals surface area (Å²) >= 11 is 0. The van der Waals surface area contributed by atoms with Crippen LogP contribution in [0.1, 0.15) is 51.4 Å². The van der Waals surface area contributed by atoms with Crippen molar-refractivity contribution in [3.8, 4) is 0 Å². The number of nitrogens with two attached hydrogens (primary N) is 1. The molecule has 4 bridgehead atoms. The molecule has 4 aliphatic carbocycles. The summed E-state index contributed by atoms with van der Waals surface area (Å²) in [5.41, 5.74) is 5.63. The van der Waals surface area contributed by atoms with Crippen LogP contribution in [-0.2, 0) is 9.59 Å². The highest BCUT2D eigenvalue weighted by atomic mass is 16.2. The SMILES string of the molecule is NCCCNC(=O)CNC(=O)CC12CC3CC(CC(C3)C1)C2. The minimum atomic E-state index is -0.118. The quantitative estimate of drug-likeness (QED) is 0.617. The number of carbonyl (C=O) groups excluding carboxylic acids is 2. The second-order valence-electron chi connectivity index (χ2n) is 7.86. The van der Waals surface area contributed by atoms with Gasteiger partial charge in [0.25, 0.3) is 0 Å². The minimum absolute atomic E-state index is 0.0518. The Labute approximate surface area is 132 Å². The Kier molecular flexibility index (Phi) is 4.71. The first kappa shape index (κ1) is 15.8. The highest BCUT2D eigenvalue weighted by Gasteiger charge is 2.51. The summed E-state index contributed by atoms with van der Waals surface area (Å²) in [5.74, 6) is 2.51. The van der Waals surface area contributed by atoms with Crippen LogP contribution in [0.4, 0.5) is 0 Å². The topological polar surface area (TPSA) is 84.2 Å². The number of hydrogen-bond acceptors (Lipinski definition) is 3. The van der Waals surface area contributed by atoms with Crippen molar-refractivity contribution < 1.29 is 9.59 Å². The molecule has 0 atom stereocenters. The lowest BCUT2D eigenvalue weighted by atomic mass is 9.49. The van der Waals surface area contributed by atoms with E-state index in [4.69, 9.17) is 5.73 Å². The summed E-state index contributed by atoms with van der Waals surface area (Å²) in [5, 5.41) is 5.57. The molecule has 0 heterocycles. The van der Waals surface area contributed by atoms with Crippen molar-refractivity contribution in [2.45, 2.75) is 51.4 Å². The van der Waals surface area contributed by atoms with Crippen molar-refractivity contribution in [2.75, 3.05) is 19.6 Å². The third-order valence-corrected chi connectivity index (χ3v) is 5.85. The second-order valence-corrected chi connectivity index (χ2v) is 7.86. The molecular formula is C17H29N3O2. The van der Waals surface area contributed by atoms with Crippen molar-refractivity contribution in [3.63, 3.8) is 0 Å². The predicted molar refractivity (Wildman–Crippen MR) is 84.9 cm³/mol. The van der Waals surface area contributed by atoms with Crippen LogP contribution in [0.25, 0.3) is 0 Å². The second kappa shape index (κ2) is 6.57. The van der Waals surface area contributed by atoms with Gasteiger partial charge in [-0.05, 0) is 74.7 Å². The van der Waals surface area contributed by atoms with Gasteiger partial charge in [0.1, 0.15) is 0 Å². The van der Waals surface area contributed by atoms with Crippen LogP contribution in [-0.4, -0.2) is 31.4 Å². The monoisotopic (exact) mass is 307 g/mol. The van der Waals surface area contributed by atoms with Gasteiger partial charge >= 0.3 is 0 Å². The van der Waals surface area contributed by atoms with Gasteiger partial charge in [0.05, 0.1) is 6.54 Å². The molecule has 0 aliphatic heterocycles. The lowest BCUT2D eigenvalue weighted by Gasteiger charge is -2.56. The number of rotatable bonds is 7. The molecule has 5 nitrogen and oxygen atoms in total. The maximum absolute atomic E-state index is 12.3. The predicted octanol–water partition coefficient (Wildman–Crippen LogP) is 1.17. The summed E-state index contributed by atoms with van der Waals surface area (Å²) in [6.07, 6.45) is 9.26. The highest BCUT2D eigenvalue weighted by molar-refractivity contribution is 5.84. The van der Waals surface area contributed by atoms with E-state index in [-0.39, 0.29) is 23.8 Å². The maximum atomic E-state index is 12.3. The van der Waals surface area contributed by atoms with E-state index < -0.39 is 0 Å². The first-order valence-electron chi connectivity index (χ1n) is 8.82. The van der Waals surface area contributed by atoms with E-state index in [9.17, 15) is 9.59 Å². The number of nitrogens with one attached hydrogen (secondary N) is 2. The molecule has 5 heteroatoms. The lowest BCUT2D eigenvalue weighted by molar-refractivity contribution is -0.131. The third-order valence-electron chi connectivity index (χ3n) is 5.85. The highest BCUT2D eigenvalue weighted by Crippen LogP contribution is 2.61. The van der Waals surface area contributed by atoms with Gasteiger partial charge in [0, 0.05) is 13.0 Å². The Morgan fingerprint density at radius 1 is 0.955 bits per heavy atom. The van der Waals surface area contributed by atoms with E-state index in [0.717, 1.165) is 24.2 Å². The van der Waals surface area contributed by atoms with Gasteiger partial charge in [0.15, 0.2) is 0 Å². The third kappa shape index (κ3) is 3.62. The van der Waals surface area contributed by atoms with E-state index >= 15 is 0 Å². The molecule has 2 amide bonds. The van der Waals surface area contributed by atoms with Crippen molar-refractivity contribution in [3.05, 3.63) is 0 Å². The van der Waals surface area contributed by atoms with Crippen LogP contribution in [0, 0.1) is 23.2 Å². The molecule has 4 N–H and O–H groups in total. The van der Waals surface area contributed by atoms with Crippen molar-refractivity contribution >= 4 is 11.8 Å². The van der Waals surface area contributed by atoms with Gasteiger partial charge in [0.2, 0.25) is 11.8 Å². The maximum Gasteiger partial charge on any atom is 0.239 e. The number of carbonyl (C=O) groups is 2. The molecule has 0 unspecified atom stereocenters. The Morgan fingerprint density at radius 2 is 1.55 bits per heavy atom. The fraction of sp³-hybridized carbons (Fsp3) is 0.882. The molecule has 0 aromatic carbocycles. The van der Waals surface area contributed by atoms with Crippen LogP contribution in [0.3, 0.4) is 0 Å². The standard InChI is InChI=1S/C17H29N3O2/c18-2-1-3-19-16(22)11-20-15(21)10-17-7-12-4-13(8-17)6-14(5-12)9-17/h12-14H,1-11,18H2,(H,19,22)(H,20,21). The largest absolute Gasteiger partial charge is 0.355 e. The van der Waals surface area contributed by atoms with Gasteiger partial charge < -0.3 is 16.4 Å². The Balaban J connectivity index is 1.43. The molecule has 0 aromatic rings. The van der Waals surface area contributed by atoms with E-state index in [0.29, 0.717) is 19.5 Å². The zero-order valence-corrected chi connectivity index (χ0v) is 13.4.